The van der Waals surface area contributed by atoms with E-state index in [1.807, 2.05) is 0 Å². The molecule has 0 aliphatic carbocycles. The highest BCUT2D eigenvalue weighted by Gasteiger charge is 2.39. The van der Waals surface area contributed by atoms with Gasteiger partial charge in [0.1, 0.15) is 6.10 Å². The van der Waals surface area contributed by atoms with Gasteiger partial charge in [-0.25, -0.2) is 0 Å². The molecule has 2 N–H and O–H groups in total. The van der Waals surface area contributed by atoms with Crippen molar-refractivity contribution in [2.45, 2.75) is 18.2 Å². The highest BCUT2D eigenvalue weighted by Crippen LogP contribution is 2.15. The topological polar surface area (TPSA) is 75.5 Å². The van der Waals surface area contributed by atoms with Gasteiger partial charge in [0.25, 0.3) is 0 Å². The normalized spacial score (nSPS) is 22.1. The molecule has 16 heavy (non-hydrogen) atoms. The minimum atomic E-state index is -2.58. The summed E-state index contributed by atoms with van der Waals surface area (Å²) in [6.45, 7) is 1.86. The van der Waals surface area contributed by atoms with Crippen molar-refractivity contribution in [3.8, 4) is 0 Å². The van der Waals surface area contributed by atoms with Gasteiger partial charge < -0.3 is 28.5 Å². The molecule has 0 radical (unpaired) electrons. The van der Waals surface area contributed by atoms with Crippen LogP contribution in [0.3, 0.4) is 0 Å². The molecule has 7 heteroatoms. The molecule has 0 bridgehead atoms. The van der Waals surface area contributed by atoms with Gasteiger partial charge in [0.05, 0.1) is 19.8 Å². The van der Waals surface area contributed by atoms with E-state index in [2.05, 4.69) is 0 Å². The third-order valence-electron chi connectivity index (χ3n) is 2.48. The van der Waals surface area contributed by atoms with Crippen molar-refractivity contribution < 1.29 is 22.8 Å². The Morgan fingerprint density at radius 1 is 1.31 bits per heavy atom. The lowest BCUT2D eigenvalue weighted by Crippen LogP contribution is -2.48. The van der Waals surface area contributed by atoms with Gasteiger partial charge in [0, 0.05) is 33.4 Å². The molecule has 2 unspecified atom stereocenters. The number of ether oxygens (including phenoxy) is 2. The Morgan fingerprint density at radius 2 is 1.88 bits per heavy atom. The number of nitrogens with two attached hydrogens (primary N) is 1. The van der Waals surface area contributed by atoms with Gasteiger partial charge in [-0.2, -0.15) is 0 Å². The summed E-state index contributed by atoms with van der Waals surface area (Å²) in [5.41, 5.74) is 5.92. The Balaban J connectivity index is 2.20. The van der Waals surface area contributed by atoms with Crippen LogP contribution in [-0.2, 0) is 22.8 Å². The molecular formula is C9H21NO5Si. The van der Waals surface area contributed by atoms with Crippen LogP contribution in [0.4, 0.5) is 0 Å². The van der Waals surface area contributed by atoms with E-state index >= 15 is 0 Å². The highest BCUT2D eigenvalue weighted by atomic mass is 28.4. The Hall–Kier alpha value is -0.0231. The van der Waals surface area contributed by atoms with Crippen molar-refractivity contribution in [1.29, 1.82) is 0 Å². The molecule has 0 aromatic heterocycles. The van der Waals surface area contributed by atoms with Gasteiger partial charge in [-0.3, -0.25) is 0 Å². The molecule has 0 saturated carbocycles. The Morgan fingerprint density at radius 3 is 2.31 bits per heavy atom. The summed E-state index contributed by atoms with van der Waals surface area (Å²) in [5.74, 6) is 0. The summed E-state index contributed by atoms with van der Waals surface area (Å²) >= 11 is 0. The van der Waals surface area contributed by atoms with E-state index in [9.17, 15) is 0 Å². The fraction of sp³-hybridized carbons (Fsp3) is 1.00. The lowest BCUT2D eigenvalue weighted by Gasteiger charge is -2.26. The third kappa shape index (κ3) is 4.46. The van der Waals surface area contributed by atoms with Gasteiger partial charge in [-0.1, -0.05) is 0 Å². The second-order valence-electron chi connectivity index (χ2n) is 3.75. The van der Waals surface area contributed by atoms with Crippen LogP contribution < -0.4 is 5.73 Å². The first kappa shape index (κ1) is 14.0. The summed E-state index contributed by atoms with van der Waals surface area (Å²) in [6, 6.07) is 0.396. The molecule has 1 fully saturated rings. The zero-order chi connectivity index (χ0) is 12.0. The van der Waals surface area contributed by atoms with E-state index in [4.69, 9.17) is 28.5 Å². The molecule has 2 atom stereocenters. The fourth-order valence-corrected chi connectivity index (χ4v) is 3.16. The summed E-state index contributed by atoms with van der Waals surface area (Å²) in [5, 5.41) is 0. The van der Waals surface area contributed by atoms with Crippen LogP contribution in [-0.4, -0.2) is 62.1 Å². The highest BCUT2D eigenvalue weighted by molar-refractivity contribution is 6.60. The van der Waals surface area contributed by atoms with Crippen LogP contribution in [0, 0.1) is 0 Å². The summed E-state index contributed by atoms with van der Waals surface area (Å²) in [7, 11) is 2.14. The monoisotopic (exact) mass is 251 g/mol. The van der Waals surface area contributed by atoms with Gasteiger partial charge in [0.15, 0.2) is 0 Å². The summed E-state index contributed by atoms with van der Waals surface area (Å²) in [4.78, 5) is 0. The van der Waals surface area contributed by atoms with Crippen molar-refractivity contribution in [2.75, 3.05) is 41.2 Å². The molecule has 6 nitrogen and oxygen atoms in total. The molecule has 1 saturated heterocycles. The molecule has 0 aromatic carbocycles. The fourth-order valence-electron chi connectivity index (χ4n) is 1.40. The summed E-state index contributed by atoms with van der Waals surface area (Å²) < 4.78 is 26.3. The molecule has 96 valence electrons. The maximum absolute atomic E-state index is 5.92. The van der Waals surface area contributed by atoms with Crippen LogP contribution >= 0.6 is 0 Å². The second kappa shape index (κ2) is 6.65. The van der Waals surface area contributed by atoms with E-state index in [0.717, 1.165) is 6.61 Å². The van der Waals surface area contributed by atoms with E-state index in [0.29, 0.717) is 19.3 Å². The predicted octanol–water partition coefficient (Wildman–Crippen LogP) is -0.393. The molecule has 1 aliphatic rings. The maximum Gasteiger partial charge on any atom is 0.501 e. The summed E-state index contributed by atoms with van der Waals surface area (Å²) in [6.07, 6.45) is 0.265. The minimum absolute atomic E-state index is 0.148. The van der Waals surface area contributed by atoms with Crippen LogP contribution in [0.5, 0.6) is 0 Å². The standard InChI is InChI=1S/C9H21NO5Si/c1-11-16(12-2,13-3)7-8(10)4-14-5-9-6-15-9/h8-9H,4-7,10H2,1-3H3. The van der Waals surface area contributed by atoms with Crippen LogP contribution in [0.2, 0.25) is 6.04 Å². The van der Waals surface area contributed by atoms with E-state index in [1.165, 1.54) is 0 Å². The first-order valence-corrected chi connectivity index (χ1v) is 7.19. The molecule has 0 amide bonds. The van der Waals surface area contributed by atoms with Crippen molar-refractivity contribution in [3.63, 3.8) is 0 Å². The average molecular weight is 251 g/mol. The average Bonchev–Trinajstić information content (AvgIpc) is 3.10. The zero-order valence-corrected chi connectivity index (χ0v) is 11.1. The smallest absolute Gasteiger partial charge is 0.377 e. The lowest BCUT2D eigenvalue weighted by atomic mass is 10.4. The Bertz CT molecular complexity index is 190. The maximum atomic E-state index is 5.92. The first-order chi connectivity index (χ1) is 7.65. The second-order valence-corrected chi connectivity index (χ2v) is 6.75. The van der Waals surface area contributed by atoms with Gasteiger partial charge >= 0.3 is 8.80 Å². The van der Waals surface area contributed by atoms with E-state index in [-0.39, 0.29) is 12.1 Å². The van der Waals surface area contributed by atoms with Gasteiger partial charge in [-0.05, 0) is 0 Å². The molecular weight excluding hydrogens is 230 g/mol. The van der Waals surface area contributed by atoms with Gasteiger partial charge in [0.2, 0.25) is 0 Å². The van der Waals surface area contributed by atoms with E-state index < -0.39 is 8.80 Å². The SMILES string of the molecule is CO[Si](CC(N)COCC1CO1)(OC)OC. The third-order valence-corrected chi connectivity index (χ3v) is 5.37. The van der Waals surface area contributed by atoms with Crippen LogP contribution in [0.25, 0.3) is 0 Å². The Labute approximate surface area is 97.3 Å². The number of epoxide rings is 1. The van der Waals surface area contributed by atoms with Gasteiger partial charge in [-0.15, -0.1) is 0 Å². The van der Waals surface area contributed by atoms with Crippen molar-refractivity contribution in [2.24, 2.45) is 5.73 Å². The molecule has 0 spiro atoms. The predicted molar refractivity (Wildman–Crippen MR) is 60.1 cm³/mol. The van der Waals surface area contributed by atoms with Crippen molar-refractivity contribution in [3.05, 3.63) is 0 Å². The largest absolute Gasteiger partial charge is 0.501 e. The molecule has 1 aliphatic heterocycles. The number of rotatable bonds is 9. The zero-order valence-electron chi connectivity index (χ0n) is 10.1. The van der Waals surface area contributed by atoms with E-state index in [1.54, 1.807) is 21.3 Å². The Kier molecular flexibility index (Phi) is 5.83. The van der Waals surface area contributed by atoms with Crippen molar-refractivity contribution in [1.82, 2.24) is 0 Å². The quantitative estimate of drug-likeness (QED) is 0.444. The molecule has 1 rings (SSSR count). The molecule has 0 aromatic rings. The first-order valence-electron chi connectivity index (χ1n) is 5.26. The van der Waals surface area contributed by atoms with Crippen LogP contribution in [0.15, 0.2) is 0 Å². The number of hydrogen-bond donors (Lipinski definition) is 1. The minimum Gasteiger partial charge on any atom is -0.377 e. The lowest BCUT2D eigenvalue weighted by molar-refractivity contribution is 0.0915. The van der Waals surface area contributed by atoms with Crippen LogP contribution in [0.1, 0.15) is 0 Å². The number of hydrogen-bond acceptors (Lipinski definition) is 6. The molecule has 1 heterocycles. The van der Waals surface area contributed by atoms with Crippen molar-refractivity contribution >= 4 is 8.80 Å².